The molecule has 3 N–H and O–H groups in total. The van der Waals surface area contributed by atoms with Crippen LogP contribution >= 0.6 is 0 Å². The highest BCUT2D eigenvalue weighted by atomic mass is 16.6. The maximum Gasteiger partial charge on any atom is 0.409 e. The molecule has 0 aromatic carbocycles. The standard InChI is InChI=1S/C13H19N5O3/c1-2-21-13(20)18-7-5-9(6-8-18)15-11-4-3-10(12(14)19)16-17-11/h3-4,9H,2,5-8H2,1H3,(H2,14,19)(H,15,17). The van der Waals surface area contributed by atoms with Crippen LogP contribution in [0.15, 0.2) is 12.1 Å². The van der Waals surface area contributed by atoms with Crippen molar-refractivity contribution in [2.75, 3.05) is 25.0 Å². The molecule has 0 bridgehead atoms. The lowest BCUT2D eigenvalue weighted by Crippen LogP contribution is -2.42. The normalized spacial score (nSPS) is 15.6. The lowest BCUT2D eigenvalue weighted by Gasteiger charge is -2.31. The summed E-state index contributed by atoms with van der Waals surface area (Å²) in [7, 11) is 0. The molecule has 1 saturated heterocycles. The third kappa shape index (κ3) is 4.04. The van der Waals surface area contributed by atoms with Crippen LogP contribution in [0.4, 0.5) is 10.6 Å². The fraction of sp³-hybridized carbons (Fsp3) is 0.538. The van der Waals surface area contributed by atoms with Crippen molar-refractivity contribution in [2.45, 2.75) is 25.8 Å². The molecular formula is C13H19N5O3. The Morgan fingerprint density at radius 2 is 2.10 bits per heavy atom. The number of ether oxygens (including phenoxy) is 1. The molecule has 1 aromatic heterocycles. The summed E-state index contributed by atoms with van der Waals surface area (Å²) in [5.74, 6) is -0.00798. The number of hydrogen-bond acceptors (Lipinski definition) is 6. The smallest absolute Gasteiger partial charge is 0.409 e. The molecule has 0 unspecified atom stereocenters. The maximum atomic E-state index is 11.6. The van der Waals surface area contributed by atoms with E-state index < -0.39 is 5.91 Å². The number of anilines is 1. The first kappa shape index (κ1) is 15.0. The number of aromatic nitrogens is 2. The number of hydrogen-bond donors (Lipinski definition) is 2. The molecule has 0 atom stereocenters. The van der Waals surface area contributed by atoms with E-state index in [1.54, 1.807) is 17.9 Å². The van der Waals surface area contributed by atoms with Crippen molar-refractivity contribution < 1.29 is 14.3 Å². The van der Waals surface area contributed by atoms with Crippen LogP contribution in [-0.4, -0.2) is 52.8 Å². The summed E-state index contributed by atoms with van der Waals surface area (Å²) in [5.41, 5.74) is 5.24. The fourth-order valence-electron chi connectivity index (χ4n) is 2.17. The van der Waals surface area contributed by atoms with Gasteiger partial charge >= 0.3 is 6.09 Å². The molecule has 0 spiro atoms. The minimum atomic E-state index is -0.600. The van der Waals surface area contributed by atoms with E-state index in [4.69, 9.17) is 10.5 Å². The Morgan fingerprint density at radius 3 is 2.62 bits per heavy atom. The number of primary amides is 1. The van der Waals surface area contributed by atoms with Gasteiger partial charge in [-0.15, -0.1) is 10.2 Å². The molecule has 8 heteroatoms. The lowest BCUT2D eigenvalue weighted by atomic mass is 10.1. The summed E-state index contributed by atoms with van der Waals surface area (Å²) in [4.78, 5) is 24.2. The van der Waals surface area contributed by atoms with Crippen molar-refractivity contribution in [3.05, 3.63) is 17.8 Å². The molecule has 1 aliphatic heterocycles. The number of carbonyl (C=O) groups excluding carboxylic acids is 2. The molecule has 114 valence electrons. The van der Waals surface area contributed by atoms with Crippen LogP contribution in [0.5, 0.6) is 0 Å². The molecule has 2 heterocycles. The molecule has 21 heavy (non-hydrogen) atoms. The van der Waals surface area contributed by atoms with Crippen molar-refractivity contribution in [3.8, 4) is 0 Å². The largest absolute Gasteiger partial charge is 0.450 e. The Hall–Kier alpha value is -2.38. The number of nitrogens with one attached hydrogen (secondary N) is 1. The van der Waals surface area contributed by atoms with E-state index in [2.05, 4.69) is 15.5 Å². The van der Waals surface area contributed by atoms with Gasteiger partial charge in [-0.25, -0.2) is 4.79 Å². The van der Waals surface area contributed by atoms with Crippen LogP contribution in [0.2, 0.25) is 0 Å². The Morgan fingerprint density at radius 1 is 1.38 bits per heavy atom. The predicted octanol–water partition coefficient (Wildman–Crippen LogP) is 0.608. The second-order valence-corrected chi connectivity index (χ2v) is 4.77. The van der Waals surface area contributed by atoms with E-state index in [1.807, 2.05) is 0 Å². The van der Waals surface area contributed by atoms with Crippen molar-refractivity contribution in [1.82, 2.24) is 15.1 Å². The van der Waals surface area contributed by atoms with E-state index in [0.29, 0.717) is 25.5 Å². The average Bonchev–Trinajstić information content (AvgIpc) is 2.49. The molecule has 0 aliphatic carbocycles. The van der Waals surface area contributed by atoms with Crippen LogP contribution < -0.4 is 11.1 Å². The highest BCUT2D eigenvalue weighted by molar-refractivity contribution is 5.90. The van der Waals surface area contributed by atoms with Crippen molar-refractivity contribution >= 4 is 17.8 Å². The number of nitrogens with two attached hydrogens (primary N) is 1. The van der Waals surface area contributed by atoms with Gasteiger partial charge in [-0.1, -0.05) is 0 Å². The Balaban J connectivity index is 1.83. The Labute approximate surface area is 122 Å². The topological polar surface area (TPSA) is 110 Å². The minimum Gasteiger partial charge on any atom is -0.450 e. The molecule has 2 amide bonds. The molecule has 1 aromatic rings. The summed E-state index contributed by atoms with van der Waals surface area (Å²) in [6, 6.07) is 3.42. The first-order chi connectivity index (χ1) is 10.1. The highest BCUT2D eigenvalue weighted by Crippen LogP contribution is 2.15. The SMILES string of the molecule is CCOC(=O)N1CCC(Nc2ccc(C(N)=O)nn2)CC1. The molecular weight excluding hydrogens is 274 g/mol. The van der Waals surface area contributed by atoms with Crippen LogP contribution in [0.25, 0.3) is 0 Å². The molecule has 0 radical (unpaired) electrons. The summed E-state index contributed by atoms with van der Waals surface area (Å²) in [5, 5.41) is 10.9. The second kappa shape index (κ2) is 6.87. The van der Waals surface area contributed by atoms with Gasteiger partial charge < -0.3 is 20.7 Å². The van der Waals surface area contributed by atoms with Crippen molar-refractivity contribution in [1.29, 1.82) is 0 Å². The predicted molar refractivity (Wildman–Crippen MR) is 75.8 cm³/mol. The van der Waals surface area contributed by atoms with Crippen molar-refractivity contribution in [2.24, 2.45) is 5.73 Å². The van der Waals surface area contributed by atoms with Gasteiger partial charge in [-0.3, -0.25) is 4.79 Å². The van der Waals surface area contributed by atoms with Crippen LogP contribution in [0.1, 0.15) is 30.3 Å². The first-order valence-corrected chi connectivity index (χ1v) is 6.92. The zero-order chi connectivity index (χ0) is 15.2. The molecule has 0 saturated carbocycles. The zero-order valence-corrected chi connectivity index (χ0v) is 11.9. The fourth-order valence-corrected chi connectivity index (χ4v) is 2.17. The number of nitrogens with zero attached hydrogens (tertiary/aromatic N) is 3. The van der Waals surface area contributed by atoms with E-state index in [9.17, 15) is 9.59 Å². The Kier molecular flexibility index (Phi) is 4.91. The number of rotatable bonds is 4. The quantitative estimate of drug-likeness (QED) is 0.841. The number of piperidine rings is 1. The van der Waals surface area contributed by atoms with Gasteiger partial charge in [0.1, 0.15) is 5.82 Å². The lowest BCUT2D eigenvalue weighted by molar-refractivity contribution is 0.0980. The van der Waals surface area contributed by atoms with Gasteiger partial charge in [0.05, 0.1) is 6.61 Å². The monoisotopic (exact) mass is 293 g/mol. The summed E-state index contributed by atoms with van der Waals surface area (Å²) >= 11 is 0. The molecule has 8 nitrogen and oxygen atoms in total. The van der Waals surface area contributed by atoms with Gasteiger partial charge in [0, 0.05) is 19.1 Å². The number of amides is 2. The highest BCUT2D eigenvalue weighted by Gasteiger charge is 2.23. The summed E-state index contributed by atoms with van der Waals surface area (Å²) in [6.45, 7) is 3.46. The third-order valence-electron chi connectivity index (χ3n) is 3.29. The van der Waals surface area contributed by atoms with Gasteiger partial charge in [0.25, 0.3) is 5.91 Å². The molecule has 1 aliphatic rings. The van der Waals surface area contributed by atoms with Gasteiger partial charge in [0.15, 0.2) is 5.69 Å². The Bertz CT molecular complexity index is 497. The van der Waals surface area contributed by atoms with Crippen LogP contribution in [0, 0.1) is 0 Å². The van der Waals surface area contributed by atoms with Crippen molar-refractivity contribution in [3.63, 3.8) is 0 Å². The van der Waals surface area contributed by atoms with E-state index >= 15 is 0 Å². The number of carbonyl (C=O) groups is 2. The molecule has 2 rings (SSSR count). The van der Waals surface area contributed by atoms with Gasteiger partial charge in [-0.05, 0) is 31.9 Å². The number of likely N-dealkylation sites (tertiary alicyclic amines) is 1. The van der Waals surface area contributed by atoms with E-state index in [0.717, 1.165) is 12.8 Å². The first-order valence-electron chi connectivity index (χ1n) is 6.92. The van der Waals surface area contributed by atoms with Gasteiger partial charge in [-0.2, -0.15) is 0 Å². The van der Waals surface area contributed by atoms with Crippen LogP contribution in [0.3, 0.4) is 0 Å². The van der Waals surface area contributed by atoms with Gasteiger partial charge in [0.2, 0.25) is 0 Å². The molecule has 1 fully saturated rings. The van der Waals surface area contributed by atoms with Crippen LogP contribution in [-0.2, 0) is 4.74 Å². The maximum absolute atomic E-state index is 11.6. The summed E-state index contributed by atoms with van der Waals surface area (Å²) in [6.07, 6.45) is 1.34. The summed E-state index contributed by atoms with van der Waals surface area (Å²) < 4.78 is 4.97. The second-order valence-electron chi connectivity index (χ2n) is 4.77. The minimum absolute atomic E-state index is 0.137. The average molecular weight is 293 g/mol. The van der Waals surface area contributed by atoms with E-state index in [-0.39, 0.29) is 17.8 Å². The van der Waals surface area contributed by atoms with E-state index in [1.165, 1.54) is 6.07 Å². The third-order valence-corrected chi connectivity index (χ3v) is 3.29. The zero-order valence-electron chi connectivity index (χ0n) is 11.9.